The van der Waals surface area contributed by atoms with Crippen LogP contribution in [0.25, 0.3) is 5.69 Å². The predicted molar refractivity (Wildman–Crippen MR) is 79.2 cm³/mol. The minimum Gasteiger partial charge on any atom is -0.479 e. The molecule has 23 heavy (non-hydrogen) atoms. The molecule has 1 amide bonds. The minimum atomic E-state index is -1.08. The molecule has 2 atom stereocenters. The summed E-state index contributed by atoms with van der Waals surface area (Å²) in [6.07, 6.45) is 3.58. The molecule has 1 aliphatic rings. The van der Waals surface area contributed by atoms with E-state index in [2.05, 4.69) is 10.1 Å². The number of hydrogen-bond donors (Lipinski definition) is 1. The van der Waals surface area contributed by atoms with Crippen molar-refractivity contribution in [3.8, 4) is 5.69 Å². The van der Waals surface area contributed by atoms with Crippen molar-refractivity contribution in [1.29, 1.82) is 0 Å². The molecule has 0 aromatic carbocycles. The maximum atomic E-state index is 12.6. The van der Waals surface area contributed by atoms with Crippen LogP contribution in [0.3, 0.4) is 0 Å². The Labute approximate surface area is 132 Å². The third-order valence-electron chi connectivity index (χ3n) is 3.55. The molecule has 0 aliphatic carbocycles. The fourth-order valence-corrected chi connectivity index (χ4v) is 2.52. The number of aliphatic carboxylic acids is 1. The lowest BCUT2D eigenvalue weighted by Gasteiger charge is -2.34. The van der Waals surface area contributed by atoms with Crippen LogP contribution in [0.15, 0.2) is 36.8 Å². The van der Waals surface area contributed by atoms with Gasteiger partial charge in [-0.05, 0) is 25.1 Å². The van der Waals surface area contributed by atoms with E-state index in [4.69, 9.17) is 9.84 Å². The Kier molecular flexibility index (Phi) is 4.07. The molecule has 1 N–H and O–H groups in total. The topological polar surface area (TPSA) is 97.6 Å². The highest BCUT2D eigenvalue weighted by atomic mass is 16.5. The molecule has 8 heteroatoms. The van der Waals surface area contributed by atoms with Crippen molar-refractivity contribution in [1.82, 2.24) is 19.7 Å². The fraction of sp³-hybridized carbons (Fsp3) is 0.333. The van der Waals surface area contributed by atoms with Crippen molar-refractivity contribution in [2.24, 2.45) is 0 Å². The van der Waals surface area contributed by atoms with E-state index in [1.54, 1.807) is 42.2 Å². The summed E-state index contributed by atoms with van der Waals surface area (Å²) in [5.74, 6) is -1.40. The number of carboxylic acids is 1. The molecule has 0 bridgehead atoms. The van der Waals surface area contributed by atoms with Gasteiger partial charge in [-0.25, -0.2) is 9.48 Å². The van der Waals surface area contributed by atoms with Crippen LogP contribution in [0, 0.1) is 0 Å². The van der Waals surface area contributed by atoms with Crippen LogP contribution in [0.4, 0.5) is 0 Å². The van der Waals surface area contributed by atoms with Gasteiger partial charge in [-0.3, -0.25) is 9.78 Å². The Balaban J connectivity index is 1.82. The normalized spacial score (nSPS) is 21.2. The molecule has 0 radical (unpaired) electrons. The first-order chi connectivity index (χ1) is 11.0. The van der Waals surface area contributed by atoms with Gasteiger partial charge in [0.1, 0.15) is 5.69 Å². The monoisotopic (exact) mass is 316 g/mol. The largest absolute Gasteiger partial charge is 0.479 e. The third kappa shape index (κ3) is 3.21. The maximum absolute atomic E-state index is 12.6. The number of carbonyl (C=O) groups is 2. The number of amides is 1. The van der Waals surface area contributed by atoms with Crippen LogP contribution >= 0.6 is 0 Å². The van der Waals surface area contributed by atoms with Gasteiger partial charge >= 0.3 is 5.97 Å². The summed E-state index contributed by atoms with van der Waals surface area (Å²) >= 11 is 0. The highest BCUT2D eigenvalue weighted by Crippen LogP contribution is 2.15. The van der Waals surface area contributed by atoms with Crippen molar-refractivity contribution in [2.45, 2.75) is 19.1 Å². The molecule has 1 aliphatic heterocycles. The molecule has 0 saturated carbocycles. The van der Waals surface area contributed by atoms with Crippen LogP contribution in [0.2, 0.25) is 0 Å². The number of morpholine rings is 1. The summed E-state index contributed by atoms with van der Waals surface area (Å²) in [5.41, 5.74) is 0.959. The number of hydrogen-bond acceptors (Lipinski definition) is 5. The maximum Gasteiger partial charge on any atom is 0.334 e. The van der Waals surface area contributed by atoms with Gasteiger partial charge in [0, 0.05) is 25.1 Å². The first-order valence-corrected chi connectivity index (χ1v) is 7.18. The lowest BCUT2D eigenvalue weighted by molar-refractivity contribution is -0.160. The molecule has 1 unspecified atom stereocenters. The Morgan fingerprint density at radius 2 is 2.17 bits per heavy atom. The molecular formula is C15H16N4O4. The molecular weight excluding hydrogens is 300 g/mol. The van der Waals surface area contributed by atoms with Crippen LogP contribution < -0.4 is 0 Å². The summed E-state index contributed by atoms with van der Waals surface area (Å²) in [6.45, 7) is 2.07. The summed E-state index contributed by atoms with van der Waals surface area (Å²) in [4.78, 5) is 29.3. The van der Waals surface area contributed by atoms with E-state index in [0.717, 1.165) is 0 Å². The van der Waals surface area contributed by atoms with Gasteiger partial charge < -0.3 is 14.7 Å². The van der Waals surface area contributed by atoms with E-state index in [-0.39, 0.29) is 24.2 Å². The lowest BCUT2D eigenvalue weighted by atomic mass is 10.2. The highest BCUT2D eigenvalue weighted by Gasteiger charge is 2.33. The predicted octanol–water partition coefficient (Wildman–Crippen LogP) is 0.581. The van der Waals surface area contributed by atoms with Crippen LogP contribution in [0.1, 0.15) is 17.4 Å². The number of carboxylic acid groups (broad SMARTS) is 1. The second-order valence-corrected chi connectivity index (χ2v) is 5.33. The van der Waals surface area contributed by atoms with Gasteiger partial charge in [0.05, 0.1) is 18.3 Å². The van der Waals surface area contributed by atoms with E-state index in [1.165, 1.54) is 11.1 Å². The van der Waals surface area contributed by atoms with E-state index >= 15 is 0 Å². The van der Waals surface area contributed by atoms with Crippen LogP contribution in [-0.4, -0.2) is 61.9 Å². The van der Waals surface area contributed by atoms with Crippen molar-refractivity contribution >= 4 is 11.9 Å². The standard InChI is InChI=1S/C15H16N4O4/c1-10-8-18(9-13(23-10)15(21)22)14(20)12-7-11(3-5-16-12)19-6-2-4-17-19/h2-7,10,13H,8-9H2,1H3,(H,21,22)/t10-,13?/m1/s1. The van der Waals surface area contributed by atoms with E-state index in [0.29, 0.717) is 12.2 Å². The smallest absolute Gasteiger partial charge is 0.334 e. The summed E-state index contributed by atoms with van der Waals surface area (Å²) < 4.78 is 6.94. The van der Waals surface area contributed by atoms with E-state index in [9.17, 15) is 9.59 Å². The Bertz CT molecular complexity index is 716. The quantitative estimate of drug-likeness (QED) is 0.889. The Morgan fingerprint density at radius 3 is 2.87 bits per heavy atom. The zero-order valence-corrected chi connectivity index (χ0v) is 12.5. The van der Waals surface area contributed by atoms with E-state index in [1.807, 2.05) is 0 Å². The minimum absolute atomic E-state index is 0.00614. The second kappa shape index (κ2) is 6.17. The average molecular weight is 316 g/mol. The number of pyridine rings is 1. The summed E-state index contributed by atoms with van der Waals surface area (Å²) in [6, 6.07) is 5.15. The van der Waals surface area contributed by atoms with Gasteiger partial charge in [-0.2, -0.15) is 5.10 Å². The summed E-state index contributed by atoms with van der Waals surface area (Å²) in [5, 5.41) is 13.2. The molecule has 120 valence electrons. The second-order valence-electron chi connectivity index (χ2n) is 5.33. The lowest BCUT2D eigenvalue weighted by Crippen LogP contribution is -2.51. The van der Waals surface area contributed by atoms with Crippen molar-refractivity contribution in [3.05, 3.63) is 42.5 Å². The zero-order valence-electron chi connectivity index (χ0n) is 12.5. The molecule has 8 nitrogen and oxygen atoms in total. The molecule has 2 aromatic rings. The van der Waals surface area contributed by atoms with Crippen LogP contribution in [-0.2, 0) is 9.53 Å². The van der Waals surface area contributed by atoms with Gasteiger partial charge in [0.25, 0.3) is 5.91 Å². The summed E-state index contributed by atoms with van der Waals surface area (Å²) in [7, 11) is 0. The van der Waals surface area contributed by atoms with Crippen molar-refractivity contribution in [3.63, 3.8) is 0 Å². The number of carbonyl (C=O) groups excluding carboxylic acids is 1. The Morgan fingerprint density at radius 1 is 1.35 bits per heavy atom. The van der Waals surface area contributed by atoms with Crippen LogP contribution in [0.5, 0.6) is 0 Å². The Hall–Kier alpha value is -2.74. The van der Waals surface area contributed by atoms with Gasteiger partial charge in [0.15, 0.2) is 6.10 Å². The molecule has 2 aromatic heterocycles. The molecule has 1 saturated heterocycles. The number of rotatable bonds is 3. The SMILES string of the molecule is C[C@@H]1CN(C(=O)c2cc(-n3cccn3)ccn2)CC(C(=O)O)O1. The number of nitrogens with zero attached hydrogens (tertiary/aromatic N) is 4. The van der Waals surface area contributed by atoms with Crippen molar-refractivity contribution < 1.29 is 19.4 Å². The van der Waals surface area contributed by atoms with E-state index < -0.39 is 12.1 Å². The van der Waals surface area contributed by atoms with Gasteiger partial charge in [-0.15, -0.1) is 0 Å². The van der Waals surface area contributed by atoms with Gasteiger partial charge in [0.2, 0.25) is 0 Å². The number of ether oxygens (including phenoxy) is 1. The van der Waals surface area contributed by atoms with Gasteiger partial charge in [-0.1, -0.05) is 0 Å². The highest BCUT2D eigenvalue weighted by molar-refractivity contribution is 5.93. The fourth-order valence-electron chi connectivity index (χ4n) is 2.52. The zero-order chi connectivity index (χ0) is 16.4. The first-order valence-electron chi connectivity index (χ1n) is 7.18. The molecule has 3 heterocycles. The third-order valence-corrected chi connectivity index (χ3v) is 3.55. The molecule has 0 spiro atoms. The van der Waals surface area contributed by atoms with Crippen molar-refractivity contribution in [2.75, 3.05) is 13.1 Å². The average Bonchev–Trinajstić information content (AvgIpc) is 3.08. The first kappa shape index (κ1) is 15.2. The number of aromatic nitrogens is 3. The molecule has 3 rings (SSSR count). The molecule has 1 fully saturated rings.